The molecule has 0 aliphatic carbocycles. The van der Waals surface area contributed by atoms with Gasteiger partial charge in [-0.15, -0.1) is 0 Å². The molecule has 4 nitrogen and oxygen atoms in total. The topological polar surface area (TPSA) is 45.2 Å². The zero-order valence-corrected chi connectivity index (χ0v) is 12.2. The SMILES string of the molecule is CC1CNCCN1C(=O)CCSCc1ccccn1. The summed E-state index contributed by atoms with van der Waals surface area (Å²) in [6, 6.07) is 6.26. The summed E-state index contributed by atoms with van der Waals surface area (Å²) >= 11 is 1.77. The number of carbonyl (C=O) groups excluding carboxylic acids is 1. The molecule has 1 N–H and O–H groups in total. The van der Waals surface area contributed by atoms with Gasteiger partial charge in [-0.2, -0.15) is 11.8 Å². The Morgan fingerprint density at radius 2 is 2.47 bits per heavy atom. The highest BCUT2D eigenvalue weighted by molar-refractivity contribution is 7.98. The van der Waals surface area contributed by atoms with Crippen molar-refractivity contribution in [3.63, 3.8) is 0 Å². The number of hydrogen-bond donors (Lipinski definition) is 1. The maximum Gasteiger partial charge on any atom is 0.223 e. The minimum atomic E-state index is 0.280. The van der Waals surface area contributed by atoms with Gasteiger partial charge in [0.15, 0.2) is 0 Å². The Labute approximate surface area is 119 Å². The molecule has 2 heterocycles. The van der Waals surface area contributed by atoms with Crippen LogP contribution in [0.2, 0.25) is 0 Å². The number of amides is 1. The molecule has 1 aromatic heterocycles. The fourth-order valence-electron chi connectivity index (χ4n) is 2.17. The number of thioether (sulfide) groups is 1. The number of nitrogens with one attached hydrogen (secondary N) is 1. The number of carbonyl (C=O) groups is 1. The first-order valence-electron chi connectivity index (χ1n) is 6.75. The van der Waals surface area contributed by atoms with Gasteiger partial charge in [0, 0.05) is 49.8 Å². The van der Waals surface area contributed by atoms with Crippen molar-refractivity contribution in [2.45, 2.75) is 25.1 Å². The van der Waals surface area contributed by atoms with E-state index in [0.717, 1.165) is 36.8 Å². The van der Waals surface area contributed by atoms with E-state index in [9.17, 15) is 4.79 Å². The third kappa shape index (κ3) is 4.51. The van der Waals surface area contributed by atoms with E-state index in [1.165, 1.54) is 0 Å². The molecule has 1 unspecified atom stereocenters. The zero-order chi connectivity index (χ0) is 13.5. The van der Waals surface area contributed by atoms with Crippen LogP contribution in [0, 0.1) is 0 Å². The van der Waals surface area contributed by atoms with Gasteiger partial charge in [-0.3, -0.25) is 9.78 Å². The van der Waals surface area contributed by atoms with Crippen molar-refractivity contribution in [2.24, 2.45) is 0 Å². The molecule has 1 fully saturated rings. The minimum absolute atomic E-state index is 0.280. The Kier molecular flexibility index (Phi) is 5.66. The molecule has 1 saturated heterocycles. The molecule has 1 aliphatic heterocycles. The van der Waals surface area contributed by atoms with Crippen molar-refractivity contribution in [1.82, 2.24) is 15.2 Å². The molecule has 19 heavy (non-hydrogen) atoms. The second kappa shape index (κ2) is 7.50. The van der Waals surface area contributed by atoms with Gasteiger partial charge in [0.25, 0.3) is 0 Å². The van der Waals surface area contributed by atoms with Crippen LogP contribution in [0.3, 0.4) is 0 Å². The lowest BCUT2D eigenvalue weighted by atomic mass is 10.2. The highest BCUT2D eigenvalue weighted by Crippen LogP contribution is 2.13. The fourth-order valence-corrected chi connectivity index (χ4v) is 3.02. The summed E-state index contributed by atoms with van der Waals surface area (Å²) < 4.78 is 0. The van der Waals surface area contributed by atoms with Crippen molar-refractivity contribution in [3.8, 4) is 0 Å². The van der Waals surface area contributed by atoms with E-state index in [4.69, 9.17) is 0 Å². The molecule has 0 saturated carbocycles. The molecule has 1 aliphatic rings. The largest absolute Gasteiger partial charge is 0.337 e. The highest BCUT2D eigenvalue weighted by Gasteiger charge is 2.22. The van der Waals surface area contributed by atoms with Gasteiger partial charge < -0.3 is 10.2 Å². The molecule has 0 aromatic carbocycles. The monoisotopic (exact) mass is 279 g/mol. The minimum Gasteiger partial charge on any atom is -0.337 e. The molecule has 0 radical (unpaired) electrons. The molecular formula is C14H21N3OS. The van der Waals surface area contributed by atoms with Crippen LogP contribution in [0.4, 0.5) is 0 Å². The molecule has 1 amide bonds. The first kappa shape index (κ1) is 14.3. The molecular weight excluding hydrogens is 258 g/mol. The van der Waals surface area contributed by atoms with E-state index in [1.807, 2.05) is 29.3 Å². The van der Waals surface area contributed by atoms with Crippen LogP contribution in [-0.2, 0) is 10.5 Å². The Balaban J connectivity index is 1.66. The third-order valence-corrected chi connectivity index (χ3v) is 4.25. The predicted octanol–water partition coefficient (Wildman–Crippen LogP) is 1.53. The first-order valence-corrected chi connectivity index (χ1v) is 7.90. The van der Waals surface area contributed by atoms with E-state index >= 15 is 0 Å². The summed E-state index contributed by atoms with van der Waals surface area (Å²) in [7, 11) is 0. The number of pyridine rings is 1. The number of rotatable bonds is 5. The number of aromatic nitrogens is 1. The van der Waals surface area contributed by atoms with Crippen LogP contribution in [0.15, 0.2) is 24.4 Å². The van der Waals surface area contributed by atoms with Gasteiger partial charge in [-0.05, 0) is 19.1 Å². The second-order valence-electron chi connectivity index (χ2n) is 4.76. The van der Waals surface area contributed by atoms with E-state index in [0.29, 0.717) is 12.5 Å². The summed E-state index contributed by atoms with van der Waals surface area (Å²) in [5.41, 5.74) is 1.08. The van der Waals surface area contributed by atoms with Crippen molar-refractivity contribution in [2.75, 3.05) is 25.4 Å². The van der Waals surface area contributed by atoms with Crippen LogP contribution in [0.5, 0.6) is 0 Å². The van der Waals surface area contributed by atoms with Crippen molar-refractivity contribution >= 4 is 17.7 Å². The van der Waals surface area contributed by atoms with Gasteiger partial charge in [-0.1, -0.05) is 6.07 Å². The Morgan fingerprint density at radius 3 is 3.21 bits per heavy atom. The lowest BCUT2D eigenvalue weighted by molar-refractivity contribution is -0.133. The van der Waals surface area contributed by atoms with Crippen LogP contribution in [-0.4, -0.2) is 47.2 Å². The fraction of sp³-hybridized carbons (Fsp3) is 0.571. The summed E-state index contributed by atoms with van der Waals surface area (Å²) in [6.45, 7) is 4.76. The molecule has 2 rings (SSSR count). The smallest absolute Gasteiger partial charge is 0.223 e. The predicted molar refractivity (Wildman–Crippen MR) is 79.1 cm³/mol. The van der Waals surface area contributed by atoms with Crippen molar-refractivity contribution < 1.29 is 4.79 Å². The number of piperazine rings is 1. The standard InChI is InChI=1S/C14H21N3OS/c1-12-10-15-7-8-17(12)14(18)5-9-19-11-13-4-2-3-6-16-13/h2-4,6,12,15H,5,7-11H2,1H3. The van der Waals surface area contributed by atoms with Gasteiger partial charge in [0.2, 0.25) is 5.91 Å². The van der Waals surface area contributed by atoms with E-state index < -0.39 is 0 Å². The van der Waals surface area contributed by atoms with Gasteiger partial charge >= 0.3 is 0 Å². The average molecular weight is 279 g/mol. The Hall–Kier alpha value is -1.07. The summed E-state index contributed by atoms with van der Waals surface area (Å²) in [6.07, 6.45) is 2.44. The average Bonchev–Trinajstić information content (AvgIpc) is 2.45. The van der Waals surface area contributed by atoms with Gasteiger partial charge in [-0.25, -0.2) is 0 Å². The van der Waals surface area contributed by atoms with E-state index in [1.54, 1.807) is 11.8 Å². The normalized spacial score (nSPS) is 19.4. The Morgan fingerprint density at radius 1 is 1.58 bits per heavy atom. The third-order valence-electron chi connectivity index (χ3n) is 3.26. The van der Waals surface area contributed by atoms with Crippen LogP contribution >= 0.6 is 11.8 Å². The van der Waals surface area contributed by atoms with Crippen molar-refractivity contribution in [1.29, 1.82) is 0 Å². The molecule has 104 valence electrons. The lowest BCUT2D eigenvalue weighted by Gasteiger charge is -2.34. The quantitative estimate of drug-likeness (QED) is 0.830. The van der Waals surface area contributed by atoms with Gasteiger partial charge in [0.1, 0.15) is 0 Å². The highest BCUT2D eigenvalue weighted by atomic mass is 32.2. The maximum absolute atomic E-state index is 12.1. The van der Waals surface area contributed by atoms with Gasteiger partial charge in [0.05, 0.1) is 5.69 Å². The molecule has 0 bridgehead atoms. The van der Waals surface area contributed by atoms with Crippen molar-refractivity contribution in [3.05, 3.63) is 30.1 Å². The number of nitrogens with zero attached hydrogens (tertiary/aromatic N) is 2. The molecule has 5 heteroatoms. The molecule has 1 atom stereocenters. The summed E-state index contributed by atoms with van der Waals surface area (Å²) in [4.78, 5) is 18.4. The van der Waals surface area contributed by atoms with Crippen LogP contribution in [0.1, 0.15) is 19.0 Å². The molecule has 0 spiro atoms. The summed E-state index contributed by atoms with van der Waals surface area (Å²) in [5.74, 6) is 2.03. The lowest BCUT2D eigenvalue weighted by Crippen LogP contribution is -2.52. The number of hydrogen-bond acceptors (Lipinski definition) is 4. The molecule has 1 aromatic rings. The van der Waals surface area contributed by atoms with E-state index in [2.05, 4.69) is 17.2 Å². The van der Waals surface area contributed by atoms with Crippen LogP contribution in [0.25, 0.3) is 0 Å². The summed E-state index contributed by atoms with van der Waals surface area (Å²) in [5, 5.41) is 3.30. The zero-order valence-electron chi connectivity index (χ0n) is 11.3. The Bertz CT molecular complexity index is 399. The maximum atomic E-state index is 12.1. The first-order chi connectivity index (χ1) is 9.27. The van der Waals surface area contributed by atoms with E-state index in [-0.39, 0.29) is 5.91 Å². The van der Waals surface area contributed by atoms with Crippen LogP contribution < -0.4 is 5.32 Å². The second-order valence-corrected chi connectivity index (χ2v) is 5.87.